The van der Waals surface area contributed by atoms with Gasteiger partial charge in [0.1, 0.15) is 11.8 Å². The molecule has 96 valence electrons. The predicted octanol–water partition coefficient (Wildman–Crippen LogP) is 2.43. The van der Waals surface area contributed by atoms with Crippen LogP contribution in [0.2, 0.25) is 0 Å². The molecule has 1 heterocycles. The van der Waals surface area contributed by atoms with Gasteiger partial charge in [-0.05, 0) is 18.3 Å². The highest BCUT2D eigenvalue weighted by Gasteiger charge is 2.38. The van der Waals surface area contributed by atoms with E-state index >= 15 is 0 Å². The molecule has 0 saturated heterocycles. The maximum Gasteiger partial charge on any atom is 0.162 e. The van der Waals surface area contributed by atoms with E-state index in [1.165, 1.54) is 19.3 Å². The summed E-state index contributed by atoms with van der Waals surface area (Å²) in [6.07, 6.45) is 7.01. The molecule has 0 bridgehead atoms. The molecular formula is C13H22N2O2. The molecule has 1 N–H and O–H groups in total. The topological polar surface area (TPSA) is 47.3 Å². The zero-order valence-electron chi connectivity index (χ0n) is 10.9. The van der Waals surface area contributed by atoms with E-state index in [2.05, 4.69) is 12.0 Å². The Morgan fingerprint density at radius 2 is 2.06 bits per heavy atom. The molecule has 0 aliphatic heterocycles. The van der Waals surface area contributed by atoms with E-state index in [1.54, 1.807) is 18.0 Å². The van der Waals surface area contributed by atoms with Gasteiger partial charge in [0, 0.05) is 7.05 Å². The fourth-order valence-corrected chi connectivity index (χ4v) is 2.86. The van der Waals surface area contributed by atoms with Crippen molar-refractivity contribution < 1.29 is 9.84 Å². The number of hydrogen-bond acceptors (Lipinski definition) is 3. The van der Waals surface area contributed by atoms with Crippen molar-refractivity contribution in [2.24, 2.45) is 12.5 Å². The molecule has 4 nitrogen and oxygen atoms in total. The van der Waals surface area contributed by atoms with Crippen LogP contribution in [-0.2, 0) is 7.05 Å². The molecule has 17 heavy (non-hydrogen) atoms. The second-order valence-electron chi connectivity index (χ2n) is 5.34. The Bertz CT molecular complexity index is 381. The van der Waals surface area contributed by atoms with Crippen molar-refractivity contribution in [3.05, 3.63) is 11.9 Å². The predicted molar refractivity (Wildman–Crippen MR) is 65.9 cm³/mol. The Labute approximate surface area is 103 Å². The summed E-state index contributed by atoms with van der Waals surface area (Å²) >= 11 is 0. The minimum absolute atomic E-state index is 0.0423. The number of rotatable bonds is 3. The average Bonchev–Trinajstić information content (AvgIpc) is 2.70. The molecule has 0 spiro atoms. The quantitative estimate of drug-likeness (QED) is 0.879. The van der Waals surface area contributed by atoms with Gasteiger partial charge in [0.05, 0.1) is 13.3 Å². The summed E-state index contributed by atoms with van der Waals surface area (Å²) in [5.74, 6) is 0.687. The second-order valence-corrected chi connectivity index (χ2v) is 5.34. The summed E-state index contributed by atoms with van der Waals surface area (Å²) < 4.78 is 7.01. The Morgan fingerprint density at radius 1 is 1.41 bits per heavy atom. The molecule has 0 amide bonds. The first kappa shape index (κ1) is 12.4. The fourth-order valence-electron chi connectivity index (χ4n) is 2.86. The number of aromatic nitrogens is 2. The Hall–Kier alpha value is -1.03. The highest BCUT2D eigenvalue weighted by atomic mass is 16.5. The number of aliphatic hydroxyl groups is 1. The number of hydrogen-bond donors (Lipinski definition) is 1. The summed E-state index contributed by atoms with van der Waals surface area (Å²) in [6.45, 7) is 2.17. The van der Waals surface area contributed by atoms with E-state index in [-0.39, 0.29) is 5.41 Å². The number of aliphatic hydroxyl groups excluding tert-OH is 1. The summed E-state index contributed by atoms with van der Waals surface area (Å²) in [4.78, 5) is 0. The third-order valence-corrected chi connectivity index (χ3v) is 4.08. The Kier molecular flexibility index (Phi) is 3.43. The standard InChI is InChI=1S/C13H22N2O2/c1-13(7-5-4-6-8-13)12(16)11-10(17-3)9-14-15(11)2/h9,12,16H,4-8H2,1-3H3. The van der Waals surface area contributed by atoms with Gasteiger partial charge in [-0.25, -0.2) is 0 Å². The van der Waals surface area contributed by atoms with E-state index in [0.717, 1.165) is 18.5 Å². The van der Waals surface area contributed by atoms with Crippen LogP contribution in [0.1, 0.15) is 50.8 Å². The Balaban J connectivity index is 2.28. The van der Waals surface area contributed by atoms with Crippen LogP contribution >= 0.6 is 0 Å². The summed E-state index contributed by atoms with van der Waals surface area (Å²) in [6, 6.07) is 0. The lowest BCUT2D eigenvalue weighted by Gasteiger charge is -2.38. The van der Waals surface area contributed by atoms with Crippen molar-refractivity contribution in [1.82, 2.24) is 9.78 Å². The fraction of sp³-hybridized carbons (Fsp3) is 0.769. The van der Waals surface area contributed by atoms with Crippen molar-refractivity contribution in [2.75, 3.05) is 7.11 Å². The van der Waals surface area contributed by atoms with E-state index in [0.29, 0.717) is 5.75 Å². The van der Waals surface area contributed by atoms with Gasteiger partial charge in [0.2, 0.25) is 0 Å². The molecule has 1 atom stereocenters. The van der Waals surface area contributed by atoms with E-state index in [9.17, 15) is 5.11 Å². The van der Waals surface area contributed by atoms with E-state index in [4.69, 9.17) is 4.74 Å². The number of aryl methyl sites for hydroxylation is 1. The molecule has 2 rings (SSSR count). The van der Waals surface area contributed by atoms with Gasteiger partial charge < -0.3 is 9.84 Å². The third-order valence-electron chi connectivity index (χ3n) is 4.08. The highest BCUT2D eigenvalue weighted by molar-refractivity contribution is 5.28. The second kappa shape index (κ2) is 4.69. The monoisotopic (exact) mass is 238 g/mol. The van der Waals surface area contributed by atoms with E-state index in [1.807, 2.05) is 7.05 Å². The third kappa shape index (κ3) is 2.18. The lowest BCUT2D eigenvalue weighted by Crippen LogP contribution is -2.29. The molecule has 1 fully saturated rings. The van der Waals surface area contributed by atoms with Crippen LogP contribution in [-0.4, -0.2) is 22.0 Å². The highest BCUT2D eigenvalue weighted by Crippen LogP contribution is 2.47. The van der Waals surface area contributed by atoms with Crippen LogP contribution < -0.4 is 4.74 Å². The van der Waals surface area contributed by atoms with Crippen LogP contribution in [0.25, 0.3) is 0 Å². The van der Waals surface area contributed by atoms with Crippen molar-refractivity contribution >= 4 is 0 Å². The molecule has 1 aromatic heterocycles. The SMILES string of the molecule is COc1cnn(C)c1C(O)C1(C)CCCCC1. The molecule has 0 aromatic carbocycles. The minimum Gasteiger partial charge on any atom is -0.493 e. The first-order valence-electron chi connectivity index (χ1n) is 6.32. The van der Waals surface area contributed by atoms with Gasteiger partial charge in [0.25, 0.3) is 0 Å². The molecule has 4 heteroatoms. The van der Waals surface area contributed by atoms with Gasteiger partial charge in [-0.1, -0.05) is 26.2 Å². The maximum absolute atomic E-state index is 10.6. The lowest BCUT2D eigenvalue weighted by atomic mass is 9.71. The van der Waals surface area contributed by atoms with E-state index < -0.39 is 6.10 Å². The average molecular weight is 238 g/mol. The summed E-state index contributed by atoms with van der Waals surface area (Å²) in [5, 5.41) is 14.8. The smallest absolute Gasteiger partial charge is 0.162 e. The largest absolute Gasteiger partial charge is 0.493 e. The molecule has 1 unspecified atom stereocenters. The first-order valence-corrected chi connectivity index (χ1v) is 6.32. The number of nitrogens with zero attached hydrogens (tertiary/aromatic N) is 2. The van der Waals surface area contributed by atoms with Gasteiger partial charge in [-0.3, -0.25) is 4.68 Å². The molecule has 0 radical (unpaired) electrons. The van der Waals surface area contributed by atoms with Gasteiger partial charge >= 0.3 is 0 Å². The van der Waals surface area contributed by atoms with Crippen LogP contribution in [0, 0.1) is 5.41 Å². The van der Waals surface area contributed by atoms with Crippen molar-refractivity contribution in [2.45, 2.75) is 45.1 Å². The van der Waals surface area contributed by atoms with Gasteiger partial charge in [-0.2, -0.15) is 5.10 Å². The van der Waals surface area contributed by atoms with Crippen LogP contribution in [0.4, 0.5) is 0 Å². The van der Waals surface area contributed by atoms with Crippen LogP contribution in [0.15, 0.2) is 6.20 Å². The van der Waals surface area contributed by atoms with Gasteiger partial charge in [0.15, 0.2) is 5.75 Å². The first-order chi connectivity index (χ1) is 8.08. The summed E-state index contributed by atoms with van der Waals surface area (Å²) in [7, 11) is 3.48. The normalized spacial score (nSPS) is 21.2. The van der Waals surface area contributed by atoms with Gasteiger partial charge in [-0.15, -0.1) is 0 Å². The molecule has 1 aliphatic rings. The lowest BCUT2D eigenvalue weighted by molar-refractivity contribution is 0.00128. The molecule has 1 aromatic rings. The maximum atomic E-state index is 10.6. The van der Waals surface area contributed by atoms with Crippen molar-refractivity contribution in [3.8, 4) is 5.75 Å². The molecule has 1 saturated carbocycles. The van der Waals surface area contributed by atoms with Crippen molar-refractivity contribution in [3.63, 3.8) is 0 Å². The van der Waals surface area contributed by atoms with Crippen LogP contribution in [0.3, 0.4) is 0 Å². The number of methoxy groups -OCH3 is 1. The molecule has 1 aliphatic carbocycles. The minimum atomic E-state index is -0.495. The number of ether oxygens (including phenoxy) is 1. The zero-order chi connectivity index (χ0) is 12.5. The zero-order valence-corrected chi connectivity index (χ0v) is 10.9. The van der Waals surface area contributed by atoms with Crippen molar-refractivity contribution in [1.29, 1.82) is 0 Å². The summed E-state index contributed by atoms with van der Waals surface area (Å²) in [5.41, 5.74) is 0.760. The molecular weight excluding hydrogens is 216 g/mol. The van der Waals surface area contributed by atoms with Crippen LogP contribution in [0.5, 0.6) is 5.75 Å². The Morgan fingerprint density at radius 3 is 2.65 bits per heavy atom.